The van der Waals surface area contributed by atoms with Crippen molar-refractivity contribution < 1.29 is 4.74 Å². The number of benzene rings is 3. The van der Waals surface area contributed by atoms with Crippen LogP contribution in [-0.4, -0.2) is 0 Å². The third kappa shape index (κ3) is 3.13. The van der Waals surface area contributed by atoms with Crippen molar-refractivity contribution in [2.24, 2.45) is 0 Å². The third-order valence-electron chi connectivity index (χ3n) is 4.11. The Morgan fingerprint density at radius 1 is 0.917 bits per heavy atom. The highest BCUT2D eigenvalue weighted by Gasteiger charge is 2.10. The zero-order valence-electron chi connectivity index (χ0n) is 13.5. The summed E-state index contributed by atoms with van der Waals surface area (Å²) in [5.74, 6) is 1.40. The first-order chi connectivity index (χ1) is 11.6. The summed E-state index contributed by atoms with van der Waals surface area (Å²) in [5, 5.41) is 9.34. The summed E-state index contributed by atoms with van der Waals surface area (Å²) in [4.78, 5) is 0. The molecular weight excluding hydrogens is 318 g/mol. The van der Waals surface area contributed by atoms with Crippen LogP contribution >= 0.6 is 11.6 Å². The van der Waals surface area contributed by atoms with Crippen molar-refractivity contribution in [3.63, 3.8) is 0 Å². The molecule has 0 saturated heterocycles. The van der Waals surface area contributed by atoms with Gasteiger partial charge in [0.2, 0.25) is 0 Å². The van der Waals surface area contributed by atoms with Crippen molar-refractivity contribution in [2.45, 2.75) is 13.8 Å². The fourth-order valence-electron chi connectivity index (χ4n) is 2.61. The first-order valence-corrected chi connectivity index (χ1v) is 8.01. The minimum absolute atomic E-state index is 0.394. The minimum Gasteiger partial charge on any atom is -0.457 e. The maximum Gasteiger partial charge on any atom is 0.130 e. The molecule has 0 fully saturated rings. The summed E-state index contributed by atoms with van der Waals surface area (Å²) in [6, 6.07) is 21.4. The molecule has 3 aromatic rings. The summed E-state index contributed by atoms with van der Waals surface area (Å²) in [5.41, 5.74) is 5.08. The van der Waals surface area contributed by atoms with Gasteiger partial charge in [-0.1, -0.05) is 48.0 Å². The van der Waals surface area contributed by atoms with Crippen molar-refractivity contribution in [1.82, 2.24) is 0 Å². The topological polar surface area (TPSA) is 33.0 Å². The van der Waals surface area contributed by atoms with Gasteiger partial charge in [0.25, 0.3) is 0 Å². The molecule has 24 heavy (non-hydrogen) atoms. The molecule has 3 heteroatoms. The van der Waals surface area contributed by atoms with Gasteiger partial charge in [-0.3, -0.25) is 0 Å². The van der Waals surface area contributed by atoms with Gasteiger partial charge in [-0.15, -0.1) is 0 Å². The van der Waals surface area contributed by atoms with Gasteiger partial charge in [0, 0.05) is 6.07 Å². The molecule has 3 rings (SSSR count). The maximum absolute atomic E-state index is 8.94. The van der Waals surface area contributed by atoms with E-state index in [0.717, 1.165) is 11.3 Å². The van der Waals surface area contributed by atoms with Gasteiger partial charge < -0.3 is 4.74 Å². The van der Waals surface area contributed by atoms with Crippen molar-refractivity contribution in [1.29, 1.82) is 5.26 Å². The summed E-state index contributed by atoms with van der Waals surface area (Å²) in [7, 11) is 0. The van der Waals surface area contributed by atoms with Crippen molar-refractivity contribution in [2.75, 3.05) is 0 Å². The Balaban J connectivity index is 1.95. The highest BCUT2D eigenvalue weighted by molar-refractivity contribution is 6.31. The zero-order valence-corrected chi connectivity index (χ0v) is 14.3. The molecule has 0 aromatic heterocycles. The lowest BCUT2D eigenvalue weighted by molar-refractivity contribution is 0.478. The Morgan fingerprint density at radius 3 is 2.33 bits per heavy atom. The minimum atomic E-state index is 0.394. The van der Waals surface area contributed by atoms with Gasteiger partial charge in [0.05, 0.1) is 10.6 Å². The Bertz CT molecular complexity index is 927. The lowest BCUT2D eigenvalue weighted by Crippen LogP contribution is -1.93. The quantitative estimate of drug-likeness (QED) is 0.564. The first kappa shape index (κ1) is 16.1. The second kappa shape index (κ2) is 6.78. The van der Waals surface area contributed by atoms with E-state index >= 15 is 0 Å². The summed E-state index contributed by atoms with van der Waals surface area (Å²) < 4.78 is 5.97. The van der Waals surface area contributed by atoms with Gasteiger partial charge >= 0.3 is 0 Å². The third-order valence-corrected chi connectivity index (χ3v) is 4.42. The molecule has 0 heterocycles. The van der Waals surface area contributed by atoms with E-state index < -0.39 is 0 Å². The first-order valence-electron chi connectivity index (χ1n) is 7.63. The number of nitrogens with zero attached hydrogens (tertiary/aromatic N) is 1. The molecule has 0 aliphatic carbocycles. The number of rotatable bonds is 3. The number of ether oxygens (including phenoxy) is 1. The van der Waals surface area contributed by atoms with Crippen molar-refractivity contribution >= 4 is 11.6 Å². The standard InChI is InChI=1S/C21H16ClNO/c1-14-15(2)21(11-10-19(14)16-6-4-3-5-7-16)24-18-9-8-17(13-23)20(22)12-18/h3-12H,1-2H3. The lowest BCUT2D eigenvalue weighted by atomic mass is 9.96. The van der Waals surface area contributed by atoms with Crippen LogP contribution in [0.5, 0.6) is 11.5 Å². The number of nitriles is 1. The summed E-state index contributed by atoms with van der Waals surface area (Å²) in [6.07, 6.45) is 0. The van der Waals surface area contributed by atoms with Crippen LogP contribution in [0.1, 0.15) is 16.7 Å². The normalized spacial score (nSPS) is 10.2. The molecule has 0 unspecified atom stereocenters. The molecule has 0 N–H and O–H groups in total. The summed E-state index contributed by atoms with van der Waals surface area (Å²) in [6.45, 7) is 4.14. The van der Waals surface area contributed by atoms with E-state index in [-0.39, 0.29) is 0 Å². The van der Waals surface area contributed by atoms with E-state index in [9.17, 15) is 0 Å². The van der Waals surface area contributed by atoms with Gasteiger partial charge in [0.1, 0.15) is 17.6 Å². The Morgan fingerprint density at radius 2 is 1.67 bits per heavy atom. The largest absolute Gasteiger partial charge is 0.457 e. The summed E-state index contributed by atoms with van der Waals surface area (Å²) >= 11 is 6.07. The molecule has 0 spiro atoms. The molecule has 0 aliphatic rings. The fraction of sp³-hybridized carbons (Fsp3) is 0.0952. The second-order valence-corrected chi connectivity index (χ2v) is 5.99. The van der Waals surface area contributed by atoms with Crippen LogP contribution in [0.2, 0.25) is 5.02 Å². The number of hydrogen-bond donors (Lipinski definition) is 0. The Labute approximate surface area is 146 Å². The fourth-order valence-corrected chi connectivity index (χ4v) is 2.83. The van der Waals surface area contributed by atoms with Crippen LogP contribution in [-0.2, 0) is 0 Å². The van der Waals surface area contributed by atoms with E-state index in [1.165, 1.54) is 16.7 Å². The predicted octanol–water partition coefficient (Wildman–Crippen LogP) is 6.29. The van der Waals surface area contributed by atoms with Gasteiger partial charge in [-0.05, 0) is 54.3 Å². The molecule has 3 aromatic carbocycles. The average Bonchev–Trinajstić information content (AvgIpc) is 2.60. The molecule has 0 saturated carbocycles. The lowest BCUT2D eigenvalue weighted by Gasteiger charge is -2.15. The van der Waals surface area contributed by atoms with E-state index in [0.29, 0.717) is 16.3 Å². The highest BCUT2D eigenvalue weighted by Crippen LogP contribution is 2.34. The Kier molecular flexibility index (Phi) is 4.55. The van der Waals surface area contributed by atoms with Gasteiger partial charge in [0.15, 0.2) is 0 Å². The van der Waals surface area contributed by atoms with Crippen LogP contribution in [0.4, 0.5) is 0 Å². The molecule has 0 radical (unpaired) electrons. The van der Waals surface area contributed by atoms with Crippen molar-refractivity contribution in [3.8, 4) is 28.7 Å². The van der Waals surface area contributed by atoms with Crippen LogP contribution in [0, 0.1) is 25.2 Å². The van der Waals surface area contributed by atoms with Crippen LogP contribution in [0.25, 0.3) is 11.1 Å². The second-order valence-electron chi connectivity index (χ2n) is 5.58. The Hall–Kier alpha value is -2.76. The zero-order chi connectivity index (χ0) is 17.1. The number of hydrogen-bond acceptors (Lipinski definition) is 2. The molecule has 0 bridgehead atoms. The molecule has 0 aliphatic heterocycles. The molecule has 0 atom stereocenters. The molecule has 118 valence electrons. The van der Waals surface area contributed by atoms with E-state index in [1.807, 2.05) is 37.3 Å². The van der Waals surface area contributed by atoms with Gasteiger partial charge in [-0.2, -0.15) is 5.26 Å². The van der Waals surface area contributed by atoms with E-state index in [4.69, 9.17) is 21.6 Å². The van der Waals surface area contributed by atoms with Crippen LogP contribution in [0.3, 0.4) is 0 Å². The van der Waals surface area contributed by atoms with Crippen LogP contribution in [0.15, 0.2) is 60.7 Å². The monoisotopic (exact) mass is 333 g/mol. The predicted molar refractivity (Wildman–Crippen MR) is 97.6 cm³/mol. The average molecular weight is 334 g/mol. The maximum atomic E-state index is 8.94. The molecule has 0 amide bonds. The SMILES string of the molecule is Cc1c(Oc2ccc(C#N)c(Cl)c2)ccc(-c2ccccc2)c1C. The van der Waals surface area contributed by atoms with Crippen LogP contribution < -0.4 is 4.74 Å². The van der Waals surface area contributed by atoms with Gasteiger partial charge in [-0.25, -0.2) is 0 Å². The molecule has 2 nitrogen and oxygen atoms in total. The van der Waals surface area contributed by atoms with E-state index in [1.54, 1.807) is 18.2 Å². The van der Waals surface area contributed by atoms with E-state index in [2.05, 4.69) is 25.1 Å². The molecular formula is C21H16ClNO. The highest BCUT2D eigenvalue weighted by atomic mass is 35.5. The smallest absolute Gasteiger partial charge is 0.130 e. The van der Waals surface area contributed by atoms with Crippen molar-refractivity contribution in [3.05, 3.63) is 82.4 Å². The number of halogens is 1.